The molecule has 128 valence electrons. The van der Waals surface area contributed by atoms with Crippen LogP contribution < -0.4 is 5.32 Å². The number of esters is 1. The quantitative estimate of drug-likeness (QED) is 0.660. The zero-order chi connectivity index (χ0) is 17.6. The summed E-state index contributed by atoms with van der Waals surface area (Å²) in [5, 5.41) is 3.01. The molecule has 1 aromatic carbocycles. The van der Waals surface area contributed by atoms with E-state index in [1.165, 1.54) is 20.0 Å². The van der Waals surface area contributed by atoms with Crippen molar-refractivity contribution >= 4 is 17.8 Å². The Morgan fingerprint density at radius 2 is 2.00 bits per heavy atom. The number of nitrogens with one attached hydrogen (secondary N) is 1. The number of amides is 2. The summed E-state index contributed by atoms with van der Waals surface area (Å²) in [5.74, 6) is -3.73. The van der Waals surface area contributed by atoms with Crippen LogP contribution in [0, 0.1) is 17.7 Å². The van der Waals surface area contributed by atoms with E-state index in [4.69, 9.17) is 4.74 Å². The van der Waals surface area contributed by atoms with Crippen molar-refractivity contribution in [3.05, 3.63) is 35.6 Å². The molecule has 7 heteroatoms. The monoisotopic (exact) mass is 334 g/mol. The molecule has 2 saturated heterocycles. The van der Waals surface area contributed by atoms with Crippen LogP contribution in [0.25, 0.3) is 0 Å². The molecule has 0 unspecified atom stereocenters. The fourth-order valence-corrected chi connectivity index (χ4v) is 3.75. The van der Waals surface area contributed by atoms with Gasteiger partial charge < -0.3 is 4.74 Å². The van der Waals surface area contributed by atoms with Gasteiger partial charge in [-0.25, -0.2) is 4.39 Å². The van der Waals surface area contributed by atoms with Crippen LogP contribution in [0.4, 0.5) is 4.39 Å². The summed E-state index contributed by atoms with van der Waals surface area (Å²) in [5.41, 5.74) is -1.12. The molecule has 0 bridgehead atoms. The van der Waals surface area contributed by atoms with Crippen molar-refractivity contribution in [1.29, 1.82) is 0 Å². The van der Waals surface area contributed by atoms with E-state index in [0.717, 1.165) is 4.90 Å². The molecule has 0 aliphatic carbocycles. The maximum Gasteiger partial charge on any atom is 0.326 e. The van der Waals surface area contributed by atoms with Crippen LogP contribution in [0.2, 0.25) is 0 Å². The second-order valence-electron chi connectivity index (χ2n) is 6.31. The highest BCUT2D eigenvalue weighted by molar-refractivity contribution is 6.09. The number of likely N-dealkylation sites (tertiary alicyclic amines) is 1. The third-order valence-corrected chi connectivity index (χ3v) is 4.95. The van der Waals surface area contributed by atoms with Crippen molar-refractivity contribution in [2.45, 2.75) is 25.4 Å². The molecular weight excluding hydrogens is 315 g/mol. The SMILES string of the molecule is CCOC(=O)[C@]1(C)N[C@H](c2ccccc2F)[C@H]2C(=O)N(C)C(=O)[C@@H]21. The first-order valence-corrected chi connectivity index (χ1v) is 7.83. The first-order chi connectivity index (χ1) is 11.3. The molecule has 4 atom stereocenters. The molecule has 1 aromatic rings. The summed E-state index contributed by atoms with van der Waals surface area (Å²) in [4.78, 5) is 38.6. The van der Waals surface area contributed by atoms with Gasteiger partial charge in [-0.15, -0.1) is 0 Å². The van der Waals surface area contributed by atoms with E-state index in [1.54, 1.807) is 25.1 Å². The average molecular weight is 334 g/mol. The highest BCUT2D eigenvalue weighted by atomic mass is 19.1. The number of benzene rings is 1. The molecule has 1 N–H and O–H groups in total. The Balaban J connectivity index is 2.10. The van der Waals surface area contributed by atoms with E-state index in [9.17, 15) is 18.8 Å². The minimum absolute atomic E-state index is 0.149. The first-order valence-electron chi connectivity index (χ1n) is 7.83. The minimum atomic E-state index is -1.38. The van der Waals surface area contributed by atoms with E-state index in [2.05, 4.69) is 5.32 Å². The van der Waals surface area contributed by atoms with Crippen LogP contribution in [-0.4, -0.2) is 41.9 Å². The summed E-state index contributed by atoms with van der Waals surface area (Å²) in [6, 6.07) is 5.27. The maximum absolute atomic E-state index is 14.3. The van der Waals surface area contributed by atoms with E-state index in [1.807, 2.05) is 0 Å². The molecule has 0 radical (unpaired) electrons. The molecular formula is C17H19FN2O4. The van der Waals surface area contributed by atoms with Crippen LogP contribution >= 0.6 is 0 Å². The van der Waals surface area contributed by atoms with Crippen molar-refractivity contribution in [1.82, 2.24) is 10.2 Å². The summed E-state index contributed by atoms with van der Waals surface area (Å²) >= 11 is 0. The molecule has 0 aromatic heterocycles. The Morgan fingerprint density at radius 1 is 1.33 bits per heavy atom. The summed E-state index contributed by atoms with van der Waals surface area (Å²) in [6.45, 7) is 3.35. The molecule has 6 nitrogen and oxygen atoms in total. The summed E-state index contributed by atoms with van der Waals surface area (Å²) in [6.07, 6.45) is 0. The lowest BCUT2D eigenvalue weighted by molar-refractivity contribution is -0.155. The van der Waals surface area contributed by atoms with Crippen molar-refractivity contribution in [3.8, 4) is 0 Å². The number of carbonyl (C=O) groups excluding carboxylic acids is 3. The number of imide groups is 1. The number of hydrogen-bond donors (Lipinski definition) is 1. The van der Waals surface area contributed by atoms with Crippen molar-refractivity contribution < 1.29 is 23.5 Å². The number of rotatable bonds is 3. The third kappa shape index (κ3) is 2.15. The highest BCUT2D eigenvalue weighted by Gasteiger charge is 2.66. The van der Waals surface area contributed by atoms with Gasteiger partial charge in [0.05, 0.1) is 18.4 Å². The van der Waals surface area contributed by atoms with Gasteiger partial charge in [0, 0.05) is 18.7 Å². The lowest BCUT2D eigenvalue weighted by atomic mass is 9.80. The molecule has 0 saturated carbocycles. The van der Waals surface area contributed by atoms with E-state index >= 15 is 0 Å². The van der Waals surface area contributed by atoms with Gasteiger partial charge in [-0.05, 0) is 19.9 Å². The number of hydrogen-bond acceptors (Lipinski definition) is 5. The summed E-state index contributed by atoms with van der Waals surface area (Å²) < 4.78 is 19.3. The molecule has 2 aliphatic heterocycles. The lowest BCUT2D eigenvalue weighted by Crippen LogP contribution is -2.53. The third-order valence-electron chi connectivity index (χ3n) is 4.95. The van der Waals surface area contributed by atoms with Crippen LogP contribution in [0.15, 0.2) is 24.3 Å². The van der Waals surface area contributed by atoms with Gasteiger partial charge in [-0.1, -0.05) is 18.2 Å². The van der Waals surface area contributed by atoms with E-state index in [0.29, 0.717) is 0 Å². The molecule has 24 heavy (non-hydrogen) atoms. The Bertz CT molecular complexity index is 722. The number of nitrogens with zero attached hydrogens (tertiary/aromatic N) is 1. The molecule has 2 heterocycles. The molecule has 2 fully saturated rings. The Labute approximate surface area is 139 Å². The van der Waals surface area contributed by atoms with E-state index < -0.39 is 47.0 Å². The maximum atomic E-state index is 14.3. The average Bonchev–Trinajstić information content (AvgIpc) is 2.98. The van der Waals surface area contributed by atoms with Crippen LogP contribution in [0.5, 0.6) is 0 Å². The van der Waals surface area contributed by atoms with E-state index in [-0.39, 0.29) is 12.2 Å². The predicted molar refractivity (Wildman–Crippen MR) is 82.1 cm³/mol. The Morgan fingerprint density at radius 3 is 2.62 bits per heavy atom. The fraction of sp³-hybridized carbons (Fsp3) is 0.471. The summed E-state index contributed by atoms with van der Waals surface area (Å²) in [7, 11) is 1.38. The van der Waals surface area contributed by atoms with Gasteiger partial charge in [-0.2, -0.15) is 0 Å². The second kappa shape index (κ2) is 5.66. The highest BCUT2D eigenvalue weighted by Crippen LogP contribution is 2.48. The van der Waals surface area contributed by atoms with Gasteiger partial charge in [0.2, 0.25) is 11.8 Å². The van der Waals surface area contributed by atoms with Crippen molar-refractivity contribution in [3.63, 3.8) is 0 Å². The fourth-order valence-electron chi connectivity index (χ4n) is 3.75. The largest absolute Gasteiger partial charge is 0.465 e. The molecule has 2 amide bonds. The van der Waals surface area contributed by atoms with Gasteiger partial charge in [-0.3, -0.25) is 24.6 Å². The van der Waals surface area contributed by atoms with Gasteiger partial charge in [0.1, 0.15) is 11.4 Å². The molecule has 3 rings (SSSR count). The smallest absolute Gasteiger partial charge is 0.326 e. The normalized spacial score (nSPS) is 32.2. The minimum Gasteiger partial charge on any atom is -0.465 e. The number of halogens is 1. The number of carbonyl (C=O) groups is 3. The predicted octanol–water partition coefficient (Wildman–Crippen LogP) is 1.02. The zero-order valence-corrected chi connectivity index (χ0v) is 13.7. The van der Waals surface area contributed by atoms with Crippen LogP contribution in [-0.2, 0) is 19.1 Å². The van der Waals surface area contributed by atoms with Crippen molar-refractivity contribution in [2.75, 3.05) is 13.7 Å². The Hall–Kier alpha value is -2.28. The number of ether oxygens (including phenoxy) is 1. The zero-order valence-electron chi connectivity index (χ0n) is 13.7. The van der Waals surface area contributed by atoms with Crippen LogP contribution in [0.3, 0.4) is 0 Å². The first kappa shape index (κ1) is 16.6. The van der Waals surface area contributed by atoms with Gasteiger partial charge in [0.15, 0.2) is 0 Å². The Kier molecular flexibility index (Phi) is 3.91. The second-order valence-corrected chi connectivity index (χ2v) is 6.31. The topological polar surface area (TPSA) is 75.7 Å². The number of fused-ring (bicyclic) bond motifs is 1. The van der Waals surface area contributed by atoms with Gasteiger partial charge >= 0.3 is 5.97 Å². The lowest BCUT2D eigenvalue weighted by Gasteiger charge is -2.28. The van der Waals surface area contributed by atoms with Gasteiger partial charge in [0.25, 0.3) is 0 Å². The van der Waals surface area contributed by atoms with Crippen molar-refractivity contribution in [2.24, 2.45) is 11.8 Å². The molecule has 2 aliphatic rings. The standard InChI is InChI=1S/C17H19FN2O4/c1-4-24-16(23)17(2)12-11(14(21)20(3)15(12)22)13(19-17)9-7-5-6-8-10(9)18/h5-8,11-13,19H,4H2,1-3H3/t11-,12+,13+,17+/m0/s1. The van der Waals surface area contributed by atoms with Crippen LogP contribution in [0.1, 0.15) is 25.5 Å². The molecule has 0 spiro atoms.